The molecule has 12 heavy (non-hydrogen) atoms. The Balaban J connectivity index is 2.84. The molecule has 0 bridgehead atoms. The first-order valence-corrected chi connectivity index (χ1v) is 3.75. The van der Waals surface area contributed by atoms with E-state index >= 15 is 0 Å². The lowest BCUT2D eigenvalue weighted by atomic mass is 10.4. The van der Waals surface area contributed by atoms with Gasteiger partial charge in [-0.1, -0.05) is 0 Å². The van der Waals surface area contributed by atoms with Crippen LogP contribution >= 0.6 is 11.3 Å². The number of hydrogen-bond donors (Lipinski definition) is 1. The number of alkyl halides is 3. The minimum absolute atomic E-state index is 0.129. The number of hydrogen-bond acceptors (Lipinski definition) is 3. The van der Waals surface area contributed by atoms with E-state index in [1.165, 1.54) is 11.6 Å². The SMILES string of the molecule is O/C(=C\c1nccs1)C(F)(F)F. The first kappa shape index (κ1) is 9.05. The molecule has 1 aromatic heterocycles. The first-order chi connectivity index (χ1) is 5.50. The topological polar surface area (TPSA) is 33.1 Å². The Bertz CT molecular complexity index is 277. The summed E-state index contributed by atoms with van der Waals surface area (Å²) in [7, 11) is 0. The number of thiazole rings is 1. The fourth-order valence-corrected chi connectivity index (χ4v) is 1.07. The summed E-state index contributed by atoms with van der Waals surface area (Å²) in [6.07, 6.45) is -2.74. The van der Waals surface area contributed by atoms with Crippen LogP contribution in [0.2, 0.25) is 0 Å². The second kappa shape index (κ2) is 3.14. The lowest BCUT2D eigenvalue weighted by Crippen LogP contribution is -2.10. The maximum absolute atomic E-state index is 11.7. The molecule has 0 aliphatic carbocycles. The average Bonchev–Trinajstić information content (AvgIpc) is 2.37. The van der Waals surface area contributed by atoms with Gasteiger partial charge in [-0.15, -0.1) is 11.3 Å². The van der Waals surface area contributed by atoms with Crippen molar-refractivity contribution in [3.63, 3.8) is 0 Å². The van der Waals surface area contributed by atoms with Gasteiger partial charge >= 0.3 is 6.18 Å². The molecule has 0 fully saturated rings. The Labute approximate surface area is 70.0 Å². The van der Waals surface area contributed by atoms with Crippen molar-refractivity contribution < 1.29 is 18.3 Å². The monoisotopic (exact) mass is 195 g/mol. The molecule has 0 saturated heterocycles. The Morgan fingerprint density at radius 2 is 2.25 bits per heavy atom. The highest BCUT2D eigenvalue weighted by Crippen LogP contribution is 2.25. The molecule has 2 nitrogen and oxygen atoms in total. The summed E-state index contributed by atoms with van der Waals surface area (Å²) in [6, 6.07) is 0. The summed E-state index contributed by atoms with van der Waals surface area (Å²) in [4.78, 5) is 3.55. The van der Waals surface area contributed by atoms with Crippen molar-refractivity contribution in [2.24, 2.45) is 0 Å². The molecule has 66 valence electrons. The Morgan fingerprint density at radius 3 is 2.67 bits per heavy atom. The van der Waals surface area contributed by atoms with E-state index in [1.807, 2.05) is 0 Å². The number of aliphatic hydroxyl groups is 1. The van der Waals surface area contributed by atoms with E-state index in [0.717, 1.165) is 11.3 Å². The van der Waals surface area contributed by atoms with E-state index in [2.05, 4.69) is 4.98 Å². The molecule has 0 amide bonds. The van der Waals surface area contributed by atoms with Crippen LogP contribution in [-0.4, -0.2) is 16.3 Å². The Hall–Kier alpha value is -1.04. The largest absolute Gasteiger partial charge is 0.504 e. The minimum Gasteiger partial charge on any atom is -0.504 e. The van der Waals surface area contributed by atoms with Gasteiger partial charge in [0.2, 0.25) is 5.76 Å². The van der Waals surface area contributed by atoms with E-state index in [9.17, 15) is 13.2 Å². The minimum atomic E-state index is -4.69. The summed E-state index contributed by atoms with van der Waals surface area (Å²) < 4.78 is 35.1. The molecule has 0 atom stereocenters. The van der Waals surface area contributed by atoms with Crippen molar-refractivity contribution in [2.45, 2.75) is 6.18 Å². The zero-order valence-corrected chi connectivity index (χ0v) is 6.49. The third kappa shape index (κ3) is 2.23. The second-order valence-electron chi connectivity index (χ2n) is 1.90. The smallest absolute Gasteiger partial charge is 0.448 e. The molecule has 6 heteroatoms. The van der Waals surface area contributed by atoms with Crippen molar-refractivity contribution in [3.05, 3.63) is 22.3 Å². The van der Waals surface area contributed by atoms with E-state index in [4.69, 9.17) is 5.11 Å². The van der Waals surface area contributed by atoms with Gasteiger partial charge in [-0.2, -0.15) is 13.2 Å². The first-order valence-electron chi connectivity index (χ1n) is 2.87. The summed E-state index contributed by atoms with van der Waals surface area (Å²) >= 11 is 1.02. The van der Waals surface area contributed by atoms with Crippen molar-refractivity contribution in [2.75, 3.05) is 0 Å². The van der Waals surface area contributed by atoms with Crippen LogP contribution in [0.15, 0.2) is 17.3 Å². The van der Waals surface area contributed by atoms with Gasteiger partial charge in [0, 0.05) is 17.7 Å². The van der Waals surface area contributed by atoms with Gasteiger partial charge in [-0.05, 0) is 0 Å². The van der Waals surface area contributed by atoms with Crippen molar-refractivity contribution in [1.82, 2.24) is 4.98 Å². The summed E-state index contributed by atoms with van der Waals surface area (Å²) in [6.45, 7) is 0. The lowest BCUT2D eigenvalue weighted by Gasteiger charge is -2.02. The van der Waals surface area contributed by atoms with Crippen molar-refractivity contribution in [1.29, 1.82) is 0 Å². The van der Waals surface area contributed by atoms with Gasteiger partial charge in [0.25, 0.3) is 0 Å². The van der Waals surface area contributed by atoms with E-state index in [0.29, 0.717) is 6.08 Å². The molecule has 1 N–H and O–H groups in total. The van der Waals surface area contributed by atoms with Gasteiger partial charge in [0.15, 0.2) is 0 Å². The third-order valence-electron chi connectivity index (χ3n) is 1.00. The van der Waals surface area contributed by atoms with E-state index in [-0.39, 0.29) is 5.01 Å². The number of rotatable bonds is 1. The molecular formula is C6H4F3NOS. The standard InChI is InChI=1S/C6H4F3NOS/c7-6(8,9)4(11)3-5-10-1-2-12-5/h1-3,11H/b4-3-. The molecule has 0 aliphatic rings. The number of aliphatic hydroxyl groups excluding tert-OH is 1. The number of halogens is 3. The normalized spacial score (nSPS) is 13.4. The van der Waals surface area contributed by atoms with Crippen LogP contribution in [0, 0.1) is 0 Å². The molecule has 0 aromatic carbocycles. The van der Waals surface area contributed by atoms with Crippen LogP contribution in [0.1, 0.15) is 5.01 Å². The molecule has 0 aliphatic heterocycles. The second-order valence-corrected chi connectivity index (χ2v) is 2.82. The molecule has 0 spiro atoms. The van der Waals surface area contributed by atoms with Gasteiger partial charge in [0.05, 0.1) is 0 Å². The van der Waals surface area contributed by atoms with Gasteiger partial charge < -0.3 is 5.11 Å². The number of aromatic nitrogens is 1. The summed E-state index contributed by atoms with van der Waals surface area (Å²) in [5, 5.41) is 10.1. The van der Waals surface area contributed by atoms with Crippen LogP contribution < -0.4 is 0 Å². The zero-order valence-electron chi connectivity index (χ0n) is 5.67. The molecule has 0 saturated carbocycles. The predicted molar refractivity (Wildman–Crippen MR) is 38.8 cm³/mol. The quantitative estimate of drug-likeness (QED) is 0.698. The Kier molecular flexibility index (Phi) is 2.37. The van der Waals surface area contributed by atoms with E-state index < -0.39 is 11.9 Å². The maximum Gasteiger partial charge on any atom is 0.448 e. The van der Waals surface area contributed by atoms with Gasteiger partial charge in [-0.3, -0.25) is 0 Å². The highest BCUT2D eigenvalue weighted by molar-refractivity contribution is 7.10. The molecule has 1 heterocycles. The summed E-state index contributed by atoms with van der Waals surface area (Å²) in [5.41, 5.74) is 0. The zero-order chi connectivity index (χ0) is 9.19. The van der Waals surface area contributed by atoms with Crippen LogP contribution in [-0.2, 0) is 0 Å². The van der Waals surface area contributed by atoms with Gasteiger partial charge in [-0.25, -0.2) is 4.98 Å². The van der Waals surface area contributed by atoms with Crippen molar-refractivity contribution in [3.8, 4) is 0 Å². The molecule has 1 rings (SSSR count). The van der Waals surface area contributed by atoms with Crippen LogP contribution in [0.4, 0.5) is 13.2 Å². The van der Waals surface area contributed by atoms with Crippen LogP contribution in [0.5, 0.6) is 0 Å². The maximum atomic E-state index is 11.7. The van der Waals surface area contributed by atoms with E-state index in [1.54, 1.807) is 0 Å². The van der Waals surface area contributed by atoms with Crippen LogP contribution in [0.3, 0.4) is 0 Å². The highest BCUT2D eigenvalue weighted by atomic mass is 32.1. The van der Waals surface area contributed by atoms with Crippen LogP contribution in [0.25, 0.3) is 6.08 Å². The molecule has 1 aromatic rings. The third-order valence-corrected chi connectivity index (χ3v) is 1.72. The fourth-order valence-electron chi connectivity index (χ4n) is 0.505. The van der Waals surface area contributed by atoms with Gasteiger partial charge in [0.1, 0.15) is 5.01 Å². The molecule has 0 unspecified atom stereocenters. The highest BCUT2D eigenvalue weighted by Gasteiger charge is 2.33. The molecule has 0 radical (unpaired) electrons. The average molecular weight is 195 g/mol. The van der Waals surface area contributed by atoms with Crippen molar-refractivity contribution >= 4 is 17.4 Å². The molecular weight excluding hydrogens is 191 g/mol. The fraction of sp³-hybridized carbons (Fsp3) is 0.167. The number of nitrogens with zero attached hydrogens (tertiary/aromatic N) is 1. The summed E-state index contributed by atoms with van der Waals surface area (Å²) in [5.74, 6) is -1.63. The predicted octanol–water partition coefficient (Wildman–Crippen LogP) is 2.60. The Morgan fingerprint density at radius 1 is 1.58 bits per heavy atom. The number of allylic oxidation sites excluding steroid dienone is 1. The lowest BCUT2D eigenvalue weighted by molar-refractivity contribution is -0.119.